The lowest BCUT2D eigenvalue weighted by atomic mass is 10.2. The number of para-hydroxylation sites is 6. The third-order valence-electron chi connectivity index (χ3n) is 4.69. The molecule has 3 aromatic carbocycles. The fraction of sp³-hybridized carbons (Fsp3) is 0. The number of rotatable bonds is 0. The minimum atomic E-state index is 0.895. The van der Waals surface area contributed by atoms with Gasteiger partial charge in [0.25, 0.3) is 0 Å². The van der Waals surface area contributed by atoms with Crippen LogP contribution >= 0.6 is 0 Å². The van der Waals surface area contributed by atoms with E-state index in [1.54, 1.807) is 0 Å². The van der Waals surface area contributed by atoms with Crippen LogP contribution in [-0.4, -0.2) is 18.8 Å². The summed E-state index contributed by atoms with van der Waals surface area (Å²) in [7, 11) is 0. The molecule has 0 aliphatic heterocycles. The van der Waals surface area contributed by atoms with Gasteiger partial charge >= 0.3 is 0 Å². The number of nitrogens with zero attached hydrogens (tertiary/aromatic N) is 4. The molecule has 3 heterocycles. The third-order valence-corrected chi connectivity index (χ3v) is 4.69. The molecule has 0 N–H and O–H groups in total. The maximum atomic E-state index is 4.87. The van der Waals surface area contributed by atoms with Crippen LogP contribution in [0.15, 0.2) is 72.8 Å². The van der Waals surface area contributed by atoms with Crippen molar-refractivity contribution in [1.29, 1.82) is 0 Å². The zero-order valence-electron chi connectivity index (χ0n) is 12.7. The monoisotopic (exact) mass is 308 g/mol. The minimum absolute atomic E-state index is 0.895. The standard InChI is InChI=1S/C20H12N4/c1-3-9-15-13(7-1)21-19-20-22-14-8-2-4-10-16(14)24(20)18-12-6-5-11-17(18)23(15)19/h1-12H. The lowest BCUT2D eigenvalue weighted by Gasteiger charge is -2.07. The fourth-order valence-electron chi connectivity index (χ4n) is 3.68. The molecule has 0 atom stereocenters. The first-order valence-electron chi connectivity index (χ1n) is 7.97. The van der Waals surface area contributed by atoms with E-state index < -0.39 is 0 Å². The molecule has 4 nitrogen and oxygen atoms in total. The summed E-state index contributed by atoms with van der Waals surface area (Å²) >= 11 is 0. The number of hydrogen-bond acceptors (Lipinski definition) is 2. The minimum Gasteiger partial charge on any atom is -0.288 e. The zero-order valence-corrected chi connectivity index (χ0v) is 12.7. The van der Waals surface area contributed by atoms with Crippen molar-refractivity contribution in [3.63, 3.8) is 0 Å². The first-order chi connectivity index (χ1) is 11.9. The molecule has 0 amide bonds. The summed E-state index contributed by atoms with van der Waals surface area (Å²) in [6.07, 6.45) is 0. The molecular weight excluding hydrogens is 296 g/mol. The maximum Gasteiger partial charge on any atom is 0.182 e. The third kappa shape index (κ3) is 1.34. The van der Waals surface area contributed by atoms with Crippen LogP contribution in [0.5, 0.6) is 0 Å². The maximum absolute atomic E-state index is 4.87. The van der Waals surface area contributed by atoms with Gasteiger partial charge < -0.3 is 0 Å². The highest BCUT2D eigenvalue weighted by Crippen LogP contribution is 2.29. The lowest BCUT2D eigenvalue weighted by Crippen LogP contribution is -1.97. The predicted octanol–water partition coefficient (Wildman–Crippen LogP) is 4.44. The fourth-order valence-corrected chi connectivity index (χ4v) is 3.68. The van der Waals surface area contributed by atoms with Gasteiger partial charge in [0, 0.05) is 0 Å². The van der Waals surface area contributed by atoms with Crippen LogP contribution in [0.1, 0.15) is 0 Å². The molecule has 0 bridgehead atoms. The van der Waals surface area contributed by atoms with Gasteiger partial charge in [-0.2, -0.15) is 0 Å². The second-order valence-electron chi connectivity index (χ2n) is 6.01. The lowest BCUT2D eigenvalue weighted by molar-refractivity contribution is 1.21. The molecule has 0 radical (unpaired) electrons. The first-order valence-corrected chi connectivity index (χ1v) is 7.97. The van der Waals surface area contributed by atoms with E-state index in [0.717, 1.165) is 44.4 Å². The Morgan fingerprint density at radius 3 is 1.29 bits per heavy atom. The molecule has 0 unspecified atom stereocenters. The van der Waals surface area contributed by atoms with Gasteiger partial charge in [-0.1, -0.05) is 36.4 Å². The predicted molar refractivity (Wildman–Crippen MR) is 96.5 cm³/mol. The van der Waals surface area contributed by atoms with Gasteiger partial charge in [-0.05, 0) is 36.4 Å². The first kappa shape index (κ1) is 12.1. The molecule has 0 aliphatic carbocycles. The molecule has 6 rings (SSSR count). The van der Waals surface area contributed by atoms with Gasteiger partial charge in [0.2, 0.25) is 0 Å². The highest BCUT2D eigenvalue weighted by Gasteiger charge is 2.16. The van der Waals surface area contributed by atoms with E-state index in [-0.39, 0.29) is 0 Å². The molecule has 6 aromatic rings. The van der Waals surface area contributed by atoms with Crippen LogP contribution in [0.25, 0.3) is 44.4 Å². The summed E-state index contributed by atoms with van der Waals surface area (Å²) < 4.78 is 4.43. The average Bonchev–Trinajstić information content (AvgIpc) is 3.21. The SMILES string of the molecule is c1ccc2c(c1)nc1c3nc4ccccc4n3c3ccccc3n21. The van der Waals surface area contributed by atoms with Crippen LogP contribution in [0.4, 0.5) is 0 Å². The summed E-state index contributed by atoms with van der Waals surface area (Å²) in [4.78, 5) is 9.74. The Balaban J connectivity index is 2.07. The van der Waals surface area contributed by atoms with Gasteiger partial charge in [-0.3, -0.25) is 8.80 Å². The van der Waals surface area contributed by atoms with E-state index >= 15 is 0 Å². The average molecular weight is 308 g/mol. The van der Waals surface area contributed by atoms with E-state index in [4.69, 9.17) is 9.97 Å². The van der Waals surface area contributed by atoms with Gasteiger partial charge in [0.1, 0.15) is 0 Å². The van der Waals surface area contributed by atoms with E-state index in [9.17, 15) is 0 Å². The van der Waals surface area contributed by atoms with Crippen molar-refractivity contribution in [2.45, 2.75) is 0 Å². The molecule has 0 saturated carbocycles. The Morgan fingerprint density at radius 2 is 0.833 bits per heavy atom. The number of fused-ring (bicyclic) bond motifs is 10. The Kier molecular flexibility index (Phi) is 2.07. The van der Waals surface area contributed by atoms with Crippen molar-refractivity contribution >= 4 is 44.4 Å². The number of aromatic nitrogens is 4. The van der Waals surface area contributed by atoms with Crippen LogP contribution < -0.4 is 0 Å². The van der Waals surface area contributed by atoms with Crippen molar-refractivity contribution in [2.24, 2.45) is 0 Å². The van der Waals surface area contributed by atoms with Crippen molar-refractivity contribution < 1.29 is 0 Å². The summed E-state index contributed by atoms with van der Waals surface area (Å²) in [5.41, 5.74) is 8.26. The summed E-state index contributed by atoms with van der Waals surface area (Å²) in [6.45, 7) is 0. The number of hydrogen-bond donors (Lipinski definition) is 0. The Hall–Kier alpha value is -3.40. The molecule has 112 valence electrons. The second kappa shape index (κ2) is 4.11. The summed E-state index contributed by atoms with van der Waals surface area (Å²) in [5, 5.41) is 0. The van der Waals surface area contributed by atoms with Crippen LogP contribution in [0.3, 0.4) is 0 Å². The summed E-state index contributed by atoms with van der Waals surface area (Å²) in [5.74, 6) is 0. The van der Waals surface area contributed by atoms with Gasteiger partial charge in [-0.25, -0.2) is 9.97 Å². The van der Waals surface area contributed by atoms with Crippen molar-refractivity contribution in [3.05, 3.63) is 72.8 Å². The Morgan fingerprint density at radius 1 is 0.458 bits per heavy atom. The van der Waals surface area contributed by atoms with E-state index in [1.807, 2.05) is 12.1 Å². The van der Waals surface area contributed by atoms with Crippen molar-refractivity contribution in [1.82, 2.24) is 18.8 Å². The molecule has 0 aliphatic rings. The topological polar surface area (TPSA) is 34.6 Å². The zero-order chi connectivity index (χ0) is 15.7. The normalized spacial score (nSPS) is 12.2. The molecule has 3 aromatic heterocycles. The van der Waals surface area contributed by atoms with Crippen LogP contribution in [0, 0.1) is 0 Å². The molecule has 24 heavy (non-hydrogen) atoms. The highest BCUT2D eigenvalue weighted by molar-refractivity contribution is 5.98. The Bertz CT molecular complexity index is 1300. The molecule has 0 spiro atoms. The smallest absolute Gasteiger partial charge is 0.182 e. The Labute approximate surface area is 136 Å². The summed E-state index contributed by atoms with van der Waals surface area (Å²) in [6, 6.07) is 24.9. The quantitative estimate of drug-likeness (QED) is 0.416. The van der Waals surface area contributed by atoms with Crippen LogP contribution in [-0.2, 0) is 0 Å². The van der Waals surface area contributed by atoms with Crippen molar-refractivity contribution in [2.75, 3.05) is 0 Å². The van der Waals surface area contributed by atoms with Crippen LogP contribution in [0.2, 0.25) is 0 Å². The van der Waals surface area contributed by atoms with Gasteiger partial charge in [-0.15, -0.1) is 0 Å². The molecule has 0 fully saturated rings. The highest BCUT2D eigenvalue weighted by atomic mass is 15.1. The van der Waals surface area contributed by atoms with E-state index in [0.29, 0.717) is 0 Å². The van der Waals surface area contributed by atoms with E-state index in [1.165, 1.54) is 0 Å². The second-order valence-corrected chi connectivity index (χ2v) is 6.01. The van der Waals surface area contributed by atoms with Gasteiger partial charge in [0.05, 0.1) is 33.1 Å². The number of benzene rings is 3. The molecule has 0 saturated heterocycles. The number of imidazole rings is 2. The largest absolute Gasteiger partial charge is 0.288 e. The molecular formula is C20H12N4. The molecule has 4 heteroatoms. The van der Waals surface area contributed by atoms with E-state index in [2.05, 4.69) is 69.5 Å². The van der Waals surface area contributed by atoms with Crippen molar-refractivity contribution in [3.8, 4) is 0 Å². The van der Waals surface area contributed by atoms with Gasteiger partial charge in [0.15, 0.2) is 11.3 Å².